The summed E-state index contributed by atoms with van der Waals surface area (Å²) in [5.41, 5.74) is 0.723. The molecular formula is C16H21N3O2. The fourth-order valence-corrected chi connectivity index (χ4v) is 2.56. The smallest absolute Gasteiger partial charge is 0.253 e. The molecule has 1 heterocycles. The molecule has 1 saturated heterocycles. The van der Waals surface area contributed by atoms with Crippen molar-refractivity contribution in [1.82, 2.24) is 10.6 Å². The van der Waals surface area contributed by atoms with E-state index in [1.165, 1.54) is 0 Å². The maximum atomic E-state index is 12.5. The molecule has 2 aliphatic rings. The second-order valence-corrected chi connectivity index (χ2v) is 6.23. The minimum Gasteiger partial charge on any atom is -0.349 e. The van der Waals surface area contributed by atoms with Crippen molar-refractivity contribution < 1.29 is 9.59 Å². The Balaban J connectivity index is 1.75. The van der Waals surface area contributed by atoms with E-state index in [1.807, 2.05) is 19.1 Å². The Labute approximate surface area is 124 Å². The van der Waals surface area contributed by atoms with Crippen LogP contribution in [0, 0.1) is 5.41 Å². The normalized spacial score (nSPS) is 24.6. The van der Waals surface area contributed by atoms with Crippen LogP contribution in [0.25, 0.3) is 0 Å². The molecule has 0 radical (unpaired) electrons. The van der Waals surface area contributed by atoms with Crippen molar-refractivity contribution in [1.29, 1.82) is 0 Å². The van der Waals surface area contributed by atoms with Crippen molar-refractivity contribution in [2.75, 3.05) is 18.4 Å². The Hall–Kier alpha value is -1.88. The third kappa shape index (κ3) is 3.08. The quantitative estimate of drug-likeness (QED) is 0.786. The zero-order valence-corrected chi connectivity index (χ0v) is 12.2. The van der Waals surface area contributed by atoms with Gasteiger partial charge in [-0.25, -0.2) is 0 Å². The first-order valence-corrected chi connectivity index (χ1v) is 7.50. The Morgan fingerprint density at radius 1 is 1.29 bits per heavy atom. The molecular weight excluding hydrogens is 266 g/mol. The molecule has 1 saturated carbocycles. The molecule has 1 atom stereocenters. The van der Waals surface area contributed by atoms with Crippen molar-refractivity contribution in [3.63, 3.8) is 0 Å². The molecule has 21 heavy (non-hydrogen) atoms. The Bertz CT molecular complexity index is 560. The highest BCUT2D eigenvalue weighted by Gasteiger charge is 2.36. The third-order valence-corrected chi connectivity index (χ3v) is 4.25. The summed E-state index contributed by atoms with van der Waals surface area (Å²) in [4.78, 5) is 24.7. The number of nitrogens with one attached hydrogen (secondary N) is 3. The summed E-state index contributed by atoms with van der Waals surface area (Å²) in [6, 6.07) is 7.49. The van der Waals surface area contributed by atoms with E-state index in [0.717, 1.165) is 25.8 Å². The van der Waals surface area contributed by atoms with E-state index in [2.05, 4.69) is 16.0 Å². The number of hydrogen-bond acceptors (Lipinski definition) is 3. The molecule has 2 fully saturated rings. The van der Waals surface area contributed by atoms with Crippen LogP contribution in [-0.4, -0.2) is 30.9 Å². The molecule has 1 aliphatic carbocycles. The summed E-state index contributed by atoms with van der Waals surface area (Å²) in [5.74, 6) is -0.137. The lowest BCUT2D eigenvalue weighted by Crippen LogP contribution is -2.36. The number of para-hydroxylation sites is 1. The second-order valence-electron chi connectivity index (χ2n) is 6.23. The largest absolute Gasteiger partial charge is 0.349 e. The maximum Gasteiger partial charge on any atom is 0.253 e. The zero-order chi connectivity index (χ0) is 14.9. The highest BCUT2D eigenvalue weighted by molar-refractivity contribution is 6.05. The van der Waals surface area contributed by atoms with E-state index < -0.39 is 5.41 Å². The number of anilines is 1. The highest BCUT2D eigenvalue weighted by atomic mass is 16.2. The standard InChI is InChI=1S/C16H21N3O2/c1-16(8-9-17-10-16)15(21)19-13-5-3-2-4-12(13)14(20)18-11-6-7-11/h2-5,11,17H,6-10H2,1H3,(H,18,20)(H,19,21). The van der Waals surface area contributed by atoms with Gasteiger partial charge in [0, 0.05) is 12.6 Å². The van der Waals surface area contributed by atoms with Gasteiger partial charge in [-0.05, 0) is 44.9 Å². The molecule has 1 unspecified atom stereocenters. The van der Waals surface area contributed by atoms with Gasteiger partial charge >= 0.3 is 0 Å². The average Bonchev–Trinajstić information content (AvgIpc) is 3.17. The second kappa shape index (κ2) is 5.48. The number of carbonyl (C=O) groups excluding carboxylic acids is 2. The van der Waals surface area contributed by atoms with E-state index in [1.54, 1.807) is 12.1 Å². The fourth-order valence-electron chi connectivity index (χ4n) is 2.56. The van der Waals surface area contributed by atoms with Gasteiger partial charge in [-0.3, -0.25) is 9.59 Å². The van der Waals surface area contributed by atoms with Crippen LogP contribution in [0.2, 0.25) is 0 Å². The Kier molecular flexibility index (Phi) is 3.68. The lowest BCUT2D eigenvalue weighted by molar-refractivity contribution is -0.123. The summed E-state index contributed by atoms with van der Waals surface area (Å²) >= 11 is 0. The molecule has 0 bridgehead atoms. The molecule has 1 aromatic rings. The van der Waals surface area contributed by atoms with Gasteiger partial charge in [-0.2, -0.15) is 0 Å². The van der Waals surface area contributed by atoms with Gasteiger partial charge in [0.25, 0.3) is 5.91 Å². The van der Waals surface area contributed by atoms with Gasteiger partial charge in [0.15, 0.2) is 0 Å². The first-order chi connectivity index (χ1) is 10.1. The number of hydrogen-bond donors (Lipinski definition) is 3. The van der Waals surface area contributed by atoms with Gasteiger partial charge in [0.05, 0.1) is 16.7 Å². The van der Waals surface area contributed by atoms with Gasteiger partial charge in [0.2, 0.25) is 5.91 Å². The van der Waals surface area contributed by atoms with Crippen molar-refractivity contribution in [2.45, 2.75) is 32.2 Å². The SMILES string of the molecule is CC1(C(=O)Nc2ccccc2C(=O)NC2CC2)CCNC1. The number of carbonyl (C=O) groups is 2. The van der Waals surface area contributed by atoms with E-state index in [-0.39, 0.29) is 11.8 Å². The third-order valence-electron chi connectivity index (χ3n) is 4.25. The maximum absolute atomic E-state index is 12.5. The number of benzene rings is 1. The Morgan fingerprint density at radius 3 is 2.71 bits per heavy atom. The van der Waals surface area contributed by atoms with Crippen LogP contribution in [0.1, 0.15) is 36.5 Å². The molecule has 0 spiro atoms. The van der Waals surface area contributed by atoms with Crippen molar-refractivity contribution in [3.05, 3.63) is 29.8 Å². The molecule has 1 aliphatic heterocycles. The van der Waals surface area contributed by atoms with Crippen LogP contribution in [0.4, 0.5) is 5.69 Å². The van der Waals surface area contributed by atoms with Crippen LogP contribution in [0.15, 0.2) is 24.3 Å². The first kappa shape index (κ1) is 14.1. The molecule has 5 heteroatoms. The molecule has 0 aromatic heterocycles. The minimum absolute atomic E-state index is 0.0285. The van der Waals surface area contributed by atoms with Crippen molar-refractivity contribution in [2.24, 2.45) is 5.41 Å². The molecule has 1 aromatic carbocycles. The van der Waals surface area contributed by atoms with Crippen molar-refractivity contribution in [3.8, 4) is 0 Å². The molecule has 2 amide bonds. The average molecular weight is 287 g/mol. The number of rotatable bonds is 4. The van der Waals surface area contributed by atoms with Gasteiger partial charge in [-0.15, -0.1) is 0 Å². The first-order valence-electron chi connectivity index (χ1n) is 7.50. The summed E-state index contributed by atoms with van der Waals surface area (Å²) in [7, 11) is 0. The monoisotopic (exact) mass is 287 g/mol. The summed E-state index contributed by atoms with van der Waals surface area (Å²) in [5, 5.41) is 9.10. The van der Waals surface area contributed by atoms with Crippen LogP contribution < -0.4 is 16.0 Å². The lowest BCUT2D eigenvalue weighted by atomic mass is 9.88. The van der Waals surface area contributed by atoms with Crippen LogP contribution in [-0.2, 0) is 4.79 Å². The fraction of sp³-hybridized carbons (Fsp3) is 0.500. The van der Waals surface area contributed by atoms with Crippen LogP contribution in [0.3, 0.4) is 0 Å². The van der Waals surface area contributed by atoms with Crippen LogP contribution >= 0.6 is 0 Å². The van der Waals surface area contributed by atoms with Gasteiger partial charge in [0.1, 0.15) is 0 Å². The molecule has 3 rings (SSSR count). The predicted molar refractivity (Wildman–Crippen MR) is 81.2 cm³/mol. The van der Waals surface area contributed by atoms with Crippen LogP contribution in [0.5, 0.6) is 0 Å². The van der Waals surface area contributed by atoms with Gasteiger partial charge in [-0.1, -0.05) is 12.1 Å². The molecule has 112 valence electrons. The summed E-state index contributed by atoms with van der Waals surface area (Å²) in [6.45, 7) is 3.48. The molecule has 5 nitrogen and oxygen atoms in total. The van der Waals surface area contributed by atoms with E-state index in [0.29, 0.717) is 23.8 Å². The van der Waals surface area contributed by atoms with Gasteiger partial charge < -0.3 is 16.0 Å². The topological polar surface area (TPSA) is 70.2 Å². The summed E-state index contributed by atoms with van der Waals surface area (Å²) < 4.78 is 0. The van der Waals surface area contributed by atoms with E-state index in [4.69, 9.17) is 0 Å². The Morgan fingerprint density at radius 2 is 2.05 bits per heavy atom. The number of amides is 2. The van der Waals surface area contributed by atoms with E-state index >= 15 is 0 Å². The predicted octanol–water partition coefficient (Wildman–Crippen LogP) is 1.52. The van der Waals surface area contributed by atoms with Crippen molar-refractivity contribution >= 4 is 17.5 Å². The summed E-state index contributed by atoms with van der Waals surface area (Å²) in [6.07, 6.45) is 2.91. The minimum atomic E-state index is -0.403. The molecule has 3 N–H and O–H groups in total. The highest BCUT2D eigenvalue weighted by Crippen LogP contribution is 2.27. The lowest BCUT2D eigenvalue weighted by Gasteiger charge is -2.22. The van der Waals surface area contributed by atoms with E-state index in [9.17, 15) is 9.59 Å². The zero-order valence-electron chi connectivity index (χ0n) is 12.2.